The predicted octanol–water partition coefficient (Wildman–Crippen LogP) is 3.16. The number of nitrogens with zero attached hydrogens (tertiary/aromatic N) is 2. The van der Waals surface area contributed by atoms with Gasteiger partial charge in [0, 0.05) is 52.1 Å². The highest BCUT2D eigenvalue weighted by Gasteiger charge is 2.11. The molecule has 3 aromatic rings. The molecule has 0 unspecified atom stereocenters. The van der Waals surface area contributed by atoms with Crippen molar-refractivity contribution in [2.45, 2.75) is 20.0 Å². The topological polar surface area (TPSA) is 52.9 Å². The second-order valence-electron chi connectivity index (χ2n) is 5.06. The molecule has 2 N–H and O–H groups in total. The van der Waals surface area contributed by atoms with E-state index >= 15 is 0 Å². The van der Waals surface area contributed by atoms with Crippen LogP contribution in [0.4, 0.5) is 5.69 Å². The Morgan fingerprint density at radius 2 is 1.90 bits per heavy atom. The Bertz CT molecular complexity index is 864. The van der Waals surface area contributed by atoms with Crippen LogP contribution in [0.15, 0.2) is 51.9 Å². The number of rotatable bonds is 3. The zero-order valence-electron chi connectivity index (χ0n) is 11.7. The number of aryl methyl sites for hydroxylation is 2. The molecular formula is C16H16BrN3O. The standard InChI is InChI=1S/C16H16BrN3O/c1-11-16(17)13-4-2-3-5-14(13)20(11)9-8-19-10-12(18)6-7-15(19)21/h2-7,10H,8-9,18H2,1H3. The highest BCUT2D eigenvalue weighted by atomic mass is 79.9. The van der Waals surface area contributed by atoms with Crippen molar-refractivity contribution in [1.29, 1.82) is 0 Å². The Morgan fingerprint density at radius 3 is 2.71 bits per heavy atom. The number of aromatic nitrogens is 2. The third-order valence-corrected chi connectivity index (χ3v) is 4.73. The molecule has 0 spiro atoms. The summed E-state index contributed by atoms with van der Waals surface area (Å²) in [6.07, 6.45) is 1.69. The van der Waals surface area contributed by atoms with E-state index in [0.717, 1.165) is 16.7 Å². The lowest BCUT2D eigenvalue weighted by atomic mass is 10.2. The Morgan fingerprint density at radius 1 is 1.14 bits per heavy atom. The molecule has 0 bridgehead atoms. The van der Waals surface area contributed by atoms with Crippen LogP contribution in [0.1, 0.15) is 5.69 Å². The third kappa shape index (κ3) is 2.49. The molecule has 2 aromatic heterocycles. The number of nitrogens with two attached hydrogens (primary N) is 1. The van der Waals surface area contributed by atoms with Crippen molar-refractivity contribution in [2.24, 2.45) is 0 Å². The fraction of sp³-hybridized carbons (Fsp3) is 0.188. The van der Waals surface area contributed by atoms with E-state index in [0.29, 0.717) is 12.2 Å². The zero-order valence-corrected chi connectivity index (χ0v) is 13.3. The van der Waals surface area contributed by atoms with E-state index < -0.39 is 0 Å². The summed E-state index contributed by atoms with van der Waals surface area (Å²) in [5, 5.41) is 1.19. The van der Waals surface area contributed by atoms with Crippen LogP contribution in [0.3, 0.4) is 0 Å². The molecule has 0 saturated heterocycles. The van der Waals surface area contributed by atoms with Gasteiger partial charge >= 0.3 is 0 Å². The minimum atomic E-state index is -0.0302. The summed E-state index contributed by atoms with van der Waals surface area (Å²) in [6, 6.07) is 11.4. The number of anilines is 1. The summed E-state index contributed by atoms with van der Waals surface area (Å²) in [7, 11) is 0. The van der Waals surface area contributed by atoms with Gasteiger partial charge < -0.3 is 14.9 Å². The summed E-state index contributed by atoms with van der Waals surface area (Å²) in [6.45, 7) is 3.39. The highest BCUT2D eigenvalue weighted by Crippen LogP contribution is 2.30. The van der Waals surface area contributed by atoms with Crippen LogP contribution in [0.25, 0.3) is 10.9 Å². The highest BCUT2D eigenvalue weighted by molar-refractivity contribution is 9.10. The first-order valence-electron chi connectivity index (χ1n) is 6.77. The van der Waals surface area contributed by atoms with Crippen molar-refractivity contribution in [2.75, 3.05) is 5.73 Å². The van der Waals surface area contributed by atoms with E-state index in [1.807, 2.05) is 12.1 Å². The molecule has 4 nitrogen and oxygen atoms in total. The van der Waals surface area contributed by atoms with Gasteiger partial charge in [0.25, 0.3) is 5.56 Å². The van der Waals surface area contributed by atoms with Crippen LogP contribution in [0.5, 0.6) is 0 Å². The average Bonchev–Trinajstić information content (AvgIpc) is 2.73. The normalized spacial score (nSPS) is 11.1. The van der Waals surface area contributed by atoms with Crippen LogP contribution >= 0.6 is 15.9 Å². The maximum absolute atomic E-state index is 11.8. The average molecular weight is 346 g/mol. The molecule has 0 aliphatic rings. The molecule has 0 saturated carbocycles. The van der Waals surface area contributed by atoms with Crippen LogP contribution in [-0.2, 0) is 13.1 Å². The van der Waals surface area contributed by atoms with Crippen molar-refractivity contribution in [1.82, 2.24) is 9.13 Å². The number of fused-ring (bicyclic) bond motifs is 1. The first kappa shape index (κ1) is 13.9. The summed E-state index contributed by atoms with van der Waals surface area (Å²) >= 11 is 3.64. The number of para-hydroxylation sites is 1. The Labute approximate surface area is 130 Å². The molecule has 0 radical (unpaired) electrons. The van der Waals surface area contributed by atoms with Gasteiger partial charge in [0.1, 0.15) is 0 Å². The van der Waals surface area contributed by atoms with E-state index in [9.17, 15) is 4.79 Å². The van der Waals surface area contributed by atoms with E-state index in [1.165, 1.54) is 17.0 Å². The lowest BCUT2D eigenvalue weighted by Gasteiger charge is -2.10. The molecular weight excluding hydrogens is 330 g/mol. The second kappa shape index (κ2) is 5.41. The summed E-state index contributed by atoms with van der Waals surface area (Å²) in [5.41, 5.74) is 8.64. The maximum atomic E-state index is 11.8. The van der Waals surface area contributed by atoms with Crippen LogP contribution < -0.4 is 11.3 Å². The molecule has 108 valence electrons. The van der Waals surface area contributed by atoms with Crippen molar-refractivity contribution in [3.05, 3.63) is 63.1 Å². The lowest BCUT2D eigenvalue weighted by Crippen LogP contribution is -2.21. The monoisotopic (exact) mass is 345 g/mol. The molecule has 3 rings (SSSR count). The number of hydrogen-bond donors (Lipinski definition) is 1. The summed E-state index contributed by atoms with van der Waals surface area (Å²) in [4.78, 5) is 11.8. The van der Waals surface area contributed by atoms with Gasteiger partial charge in [-0.05, 0) is 35.0 Å². The number of pyridine rings is 1. The molecule has 0 aliphatic heterocycles. The summed E-state index contributed by atoms with van der Waals surface area (Å²) < 4.78 is 4.98. The molecule has 0 aliphatic carbocycles. The van der Waals surface area contributed by atoms with E-state index in [1.54, 1.807) is 16.8 Å². The summed E-state index contributed by atoms with van der Waals surface area (Å²) in [5.74, 6) is 0. The van der Waals surface area contributed by atoms with Crippen molar-refractivity contribution >= 4 is 32.5 Å². The molecule has 1 aromatic carbocycles. The molecule has 21 heavy (non-hydrogen) atoms. The predicted molar refractivity (Wildman–Crippen MR) is 89.5 cm³/mol. The van der Waals surface area contributed by atoms with Gasteiger partial charge in [-0.1, -0.05) is 18.2 Å². The number of halogens is 1. The smallest absolute Gasteiger partial charge is 0.250 e. The van der Waals surface area contributed by atoms with Crippen LogP contribution in [-0.4, -0.2) is 9.13 Å². The van der Waals surface area contributed by atoms with Gasteiger partial charge in [0.05, 0.1) is 0 Å². The largest absolute Gasteiger partial charge is 0.398 e. The van der Waals surface area contributed by atoms with Gasteiger partial charge in [0.15, 0.2) is 0 Å². The number of hydrogen-bond acceptors (Lipinski definition) is 2. The lowest BCUT2D eigenvalue weighted by molar-refractivity contribution is 0.570. The first-order valence-corrected chi connectivity index (χ1v) is 7.56. The molecule has 0 atom stereocenters. The quantitative estimate of drug-likeness (QED) is 0.792. The fourth-order valence-corrected chi connectivity index (χ4v) is 3.16. The molecule has 5 heteroatoms. The van der Waals surface area contributed by atoms with Crippen molar-refractivity contribution in [3.63, 3.8) is 0 Å². The maximum Gasteiger partial charge on any atom is 0.250 e. The van der Waals surface area contributed by atoms with E-state index in [2.05, 4.69) is 39.6 Å². The second-order valence-corrected chi connectivity index (χ2v) is 5.86. The first-order chi connectivity index (χ1) is 10.1. The van der Waals surface area contributed by atoms with Gasteiger partial charge in [-0.2, -0.15) is 0 Å². The Balaban J connectivity index is 1.97. The van der Waals surface area contributed by atoms with Crippen molar-refractivity contribution in [3.8, 4) is 0 Å². The fourth-order valence-electron chi connectivity index (χ4n) is 2.61. The van der Waals surface area contributed by atoms with E-state index in [4.69, 9.17) is 5.73 Å². The molecule has 0 amide bonds. The van der Waals surface area contributed by atoms with Gasteiger partial charge in [-0.3, -0.25) is 4.79 Å². The van der Waals surface area contributed by atoms with Crippen LogP contribution in [0.2, 0.25) is 0 Å². The number of benzene rings is 1. The SMILES string of the molecule is Cc1c(Br)c2ccccc2n1CCn1cc(N)ccc1=O. The van der Waals surface area contributed by atoms with E-state index in [-0.39, 0.29) is 5.56 Å². The minimum absolute atomic E-state index is 0.0302. The van der Waals surface area contributed by atoms with Gasteiger partial charge in [-0.15, -0.1) is 0 Å². The Kier molecular flexibility index (Phi) is 3.59. The van der Waals surface area contributed by atoms with Crippen molar-refractivity contribution < 1.29 is 0 Å². The minimum Gasteiger partial charge on any atom is -0.398 e. The van der Waals surface area contributed by atoms with Crippen LogP contribution in [0, 0.1) is 6.92 Å². The molecule has 0 fully saturated rings. The number of nitrogen functional groups attached to an aromatic ring is 1. The van der Waals surface area contributed by atoms with Gasteiger partial charge in [-0.25, -0.2) is 0 Å². The zero-order chi connectivity index (χ0) is 15.0. The van der Waals surface area contributed by atoms with Gasteiger partial charge in [0.2, 0.25) is 0 Å². The Hall–Kier alpha value is -2.01. The third-order valence-electron chi connectivity index (χ3n) is 3.72. The molecule has 2 heterocycles.